The van der Waals surface area contributed by atoms with E-state index >= 15 is 0 Å². The molecule has 3 aromatic heterocycles. The second kappa shape index (κ2) is 5.53. The summed E-state index contributed by atoms with van der Waals surface area (Å²) in [5.41, 5.74) is 3.06. The highest BCUT2D eigenvalue weighted by molar-refractivity contribution is 5.85. The molecule has 7 nitrogen and oxygen atoms in total. The third-order valence-electron chi connectivity index (χ3n) is 3.75. The molecule has 7 heteroatoms. The van der Waals surface area contributed by atoms with Crippen molar-refractivity contribution in [2.45, 2.75) is 6.54 Å². The van der Waals surface area contributed by atoms with Crippen molar-refractivity contribution in [3.05, 3.63) is 61.1 Å². The van der Waals surface area contributed by atoms with E-state index in [0.29, 0.717) is 6.54 Å². The van der Waals surface area contributed by atoms with Crippen molar-refractivity contribution >= 4 is 16.9 Å². The standard InChI is InChI=1S/C16H15N7/c1-22-16-13(9-21-22)15(19-10-20-16)18-8-12-4-2-3-5-14(12)23-7-6-17-11-23/h2-7,9-11H,8H2,1H3,(H,18,19,20). The minimum absolute atomic E-state index is 0.648. The van der Waals surface area contributed by atoms with Crippen LogP contribution in [0.5, 0.6) is 0 Å². The summed E-state index contributed by atoms with van der Waals surface area (Å²) in [5, 5.41) is 8.52. The molecular weight excluding hydrogens is 290 g/mol. The van der Waals surface area contributed by atoms with E-state index < -0.39 is 0 Å². The normalized spacial score (nSPS) is 11.0. The molecule has 0 atom stereocenters. The Hall–Kier alpha value is -3.22. The third kappa shape index (κ3) is 2.42. The van der Waals surface area contributed by atoms with Gasteiger partial charge in [0.1, 0.15) is 12.1 Å². The van der Waals surface area contributed by atoms with E-state index in [1.165, 1.54) is 0 Å². The molecule has 0 bridgehead atoms. The molecule has 0 aliphatic rings. The van der Waals surface area contributed by atoms with Gasteiger partial charge in [-0.15, -0.1) is 0 Å². The molecular formula is C16H15N7. The zero-order valence-corrected chi connectivity index (χ0v) is 12.6. The molecule has 4 aromatic rings. The number of benzene rings is 1. The molecule has 0 aliphatic heterocycles. The number of rotatable bonds is 4. The molecule has 0 fully saturated rings. The zero-order chi connectivity index (χ0) is 15.6. The van der Waals surface area contributed by atoms with Crippen LogP contribution in [0, 0.1) is 0 Å². The first-order valence-corrected chi connectivity index (χ1v) is 7.26. The van der Waals surface area contributed by atoms with Gasteiger partial charge in [0.05, 0.1) is 23.6 Å². The Morgan fingerprint density at radius 1 is 1.17 bits per heavy atom. The maximum absolute atomic E-state index is 4.33. The van der Waals surface area contributed by atoms with Crippen molar-refractivity contribution in [3.63, 3.8) is 0 Å². The minimum atomic E-state index is 0.648. The van der Waals surface area contributed by atoms with Gasteiger partial charge in [0.25, 0.3) is 0 Å². The smallest absolute Gasteiger partial charge is 0.163 e. The molecule has 114 valence electrons. The van der Waals surface area contributed by atoms with Crippen molar-refractivity contribution in [3.8, 4) is 5.69 Å². The van der Waals surface area contributed by atoms with Crippen molar-refractivity contribution in [1.29, 1.82) is 0 Å². The summed E-state index contributed by atoms with van der Waals surface area (Å²) in [5.74, 6) is 0.781. The van der Waals surface area contributed by atoms with Gasteiger partial charge in [0, 0.05) is 26.0 Å². The van der Waals surface area contributed by atoms with Crippen LogP contribution >= 0.6 is 0 Å². The van der Waals surface area contributed by atoms with Gasteiger partial charge in [-0.2, -0.15) is 5.10 Å². The summed E-state index contributed by atoms with van der Waals surface area (Å²) < 4.78 is 3.73. The molecule has 23 heavy (non-hydrogen) atoms. The van der Waals surface area contributed by atoms with Crippen LogP contribution in [0.4, 0.5) is 5.82 Å². The Bertz CT molecular complexity index is 940. The van der Waals surface area contributed by atoms with Crippen molar-refractivity contribution in [2.75, 3.05) is 5.32 Å². The summed E-state index contributed by atoms with van der Waals surface area (Å²) in [6, 6.07) is 8.20. The first kappa shape index (κ1) is 13.4. The van der Waals surface area contributed by atoms with Crippen LogP contribution in [0.25, 0.3) is 16.7 Å². The molecule has 0 saturated carbocycles. The monoisotopic (exact) mass is 305 g/mol. The molecule has 0 radical (unpaired) electrons. The summed E-state index contributed by atoms with van der Waals surface area (Å²) in [7, 11) is 1.87. The molecule has 0 saturated heterocycles. The number of nitrogens with zero attached hydrogens (tertiary/aromatic N) is 6. The van der Waals surface area contributed by atoms with Crippen LogP contribution in [-0.2, 0) is 13.6 Å². The van der Waals surface area contributed by atoms with Crippen LogP contribution in [-0.4, -0.2) is 29.3 Å². The second-order valence-electron chi connectivity index (χ2n) is 5.18. The van der Waals surface area contributed by atoms with Gasteiger partial charge in [-0.3, -0.25) is 4.68 Å². The Morgan fingerprint density at radius 3 is 2.96 bits per heavy atom. The van der Waals surface area contributed by atoms with E-state index in [4.69, 9.17) is 0 Å². The molecule has 0 amide bonds. The number of aromatic nitrogens is 6. The lowest BCUT2D eigenvalue weighted by Crippen LogP contribution is -2.06. The average Bonchev–Trinajstić information content (AvgIpc) is 3.24. The van der Waals surface area contributed by atoms with E-state index in [9.17, 15) is 0 Å². The number of nitrogens with one attached hydrogen (secondary N) is 1. The number of fused-ring (bicyclic) bond motifs is 1. The predicted molar refractivity (Wildman–Crippen MR) is 87.2 cm³/mol. The molecule has 1 aromatic carbocycles. The topological polar surface area (TPSA) is 73.5 Å². The Balaban J connectivity index is 1.65. The molecule has 0 aliphatic carbocycles. The van der Waals surface area contributed by atoms with E-state index in [-0.39, 0.29) is 0 Å². The number of para-hydroxylation sites is 1. The van der Waals surface area contributed by atoms with Crippen LogP contribution < -0.4 is 5.32 Å². The predicted octanol–water partition coefficient (Wildman–Crippen LogP) is 2.16. The van der Waals surface area contributed by atoms with Crippen LogP contribution in [0.1, 0.15) is 5.56 Å². The lowest BCUT2D eigenvalue weighted by atomic mass is 10.1. The van der Waals surface area contributed by atoms with Gasteiger partial charge in [0.15, 0.2) is 5.65 Å². The Kier molecular flexibility index (Phi) is 3.23. The number of aryl methyl sites for hydroxylation is 1. The largest absolute Gasteiger partial charge is 0.365 e. The Labute approximate surface area is 132 Å². The van der Waals surface area contributed by atoms with Crippen molar-refractivity contribution in [1.82, 2.24) is 29.3 Å². The van der Waals surface area contributed by atoms with Gasteiger partial charge < -0.3 is 9.88 Å². The fourth-order valence-electron chi connectivity index (χ4n) is 2.60. The van der Waals surface area contributed by atoms with E-state index in [1.54, 1.807) is 29.7 Å². The summed E-state index contributed by atoms with van der Waals surface area (Å²) in [4.78, 5) is 12.7. The molecule has 3 heterocycles. The van der Waals surface area contributed by atoms with Gasteiger partial charge >= 0.3 is 0 Å². The summed E-state index contributed by atoms with van der Waals surface area (Å²) in [6.45, 7) is 0.648. The molecule has 0 unspecified atom stereocenters. The maximum Gasteiger partial charge on any atom is 0.163 e. The number of hydrogen-bond donors (Lipinski definition) is 1. The van der Waals surface area contributed by atoms with E-state index in [0.717, 1.165) is 28.1 Å². The lowest BCUT2D eigenvalue weighted by molar-refractivity contribution is 0.785. The van der Waals surface area contributed by atoms with Crippen LogP contribution in [0.3, 0.4) is 0 Å². The first-order chi connectivity index (χ1) is 11.3. The first-order valence-electron chi connectivity index (χ1n) is 7.26. The highest BCUT2D eigenvalue weighted by atomic mass is 15.3. The van der Waals surface area contributed by atoms with Gasteiger partial charge in [-0.05, 0) is 11.6 Å². The summed E-state index contributed by atoms with van der Waals surface area (Å²) in [6.07, 6.45) is 8.83. The zero-order valence-electron chi connectivity index (χ0n) is 12.6. The second-order valence-corrected chi connectivity index (χ2v) is 5.18. The third-order valence-corrected chi connectivity index (χ3v) is 3.75. The lowest BCUT2D eigenvalue weighted by Gasteiger charge is -2.11. The SMILES string of the molecule is Cn1ncc2c(NCc3ccccc3-n3ccnc3)ncnc21. The fraction of sp³-hybridized carbons (Fsp3) is 0.125. The molecule has 0 spiro atoms. The quantitative estimate of drug-likeness (QED) is 0.625. The summed E-state index contributed by atoms with van der Waals surface area (Å²) >= 11 is 0. The fourth-order valence-corrected chi connectivity index (χ4v) is 2.60. The van der Waals surface area contributed by atoms with Gasteiger partial charge in [-0.25, -0.2) is 15.0 Å². The van der Waals surface area contributed by atoms with Crippen molar-refractivity contribution < 1.29 is 0 Å². The van der Waals surface area contributed by atoms with E-state index in [2.05, 4.69) is 37.5 Å². The average molecular weight is 305 g/mol. The Morgan fingerprint density at radius 2 is 2.09 bits per heavy atom. The maximum atomic E-state index is 4.33. The van der Waals surface area contributed by atoms with Gasteiger partial charge in [-0.1, -0.05) is 18.2 Å². The number of anilines is 1. The highest BCUT2D eigenvalue weighted by Crippen LogP contribution is 2.20. The van der Waals surface area contributed by atoms with Crippen LogP contribution in [0.15, 0.2) is 55.5 Å². The molecule has 4 rings (SSSR count). The van der Waals surface area contributed by atoms with Gasteiger partial charge in [0.2, 0.25) is 0 Å². The van der Waals surface area contributed by atoms with Crippen molar-refractivity contribution in [2.24, 2.45) is 7.05 Å². The number of hydrogen-bond acceptors (Lipinski definition) is 5. The number of imidazole rings is 1. The highest BCUT2D eigenvalue weighted by Gasteiger charge is 2.09. The van der Waals surface area contributed by atoms with E-state index in [1.807, 2.05) is 29.9 Å². The minimum Gasteiger partial charge on any atom is -0.365 e. The molecule has 1 N–H and O–H groups in total. The van der Waals surface area contributed by atoms with Crippen LogP contribution in [0.2, 0.25) is 0 Å².